The van der Waals surface area contributed by atoms with Crippen LogP contribution in [-0.2, 0) is 51.0 Å². The van der Waals surface area contributed by atoms with Crippen molar-refractivity contribution in [1.82, 2.24) is 5.32 Å². The summed E-state index contributed by atoms with van der Waals surface area (Å²) in [6.45, 7) is 7.27. The van der Waals surface area contributed by atoms with Crippen molar-refractivity contribution in [2.45, 2.75) is 91.3 Å². The van der Waals surface area contributed by atoms with Gasteiger partial charge in [0, 0.05) is 12.8 Å². The maximum atomic E-state index is 12.4. The molecule has 0 saturated carbocycles. The normalized spacial score (nSPS) is 13.5. The van der Waals surface area contributed by atoms with Gasteiger partial charge in [0.05, 0.1) is 25.0 Å². The van der Waals surface area contributed by atoms with Gasteiger partial charge in [-0.15, -0.1) is 0 Å². The maximum absolute atomic E-state index is 12.4. The largest absolute Gasteiger partial charge is 0.461 e. The number of carbonyl (C=O) groups is 4. The molecule has 3 N–H and O–H groups in total. The zero-order chi connectivity index (χ0) is 36.0. The van der Waals surface area contributed by atoms with Gasteiger partial charge < -0.3 is 34.5 Å². The van der Waals surface area contributed by atoms with E-state index in [4.69, 9.17) is 18.9 Å². The Morgan fingerprint density at radius 1 is 0.633 bits per heavy atom. The Hall–Kier alpha value is -3.80. The molecule has 0 heterocycles. The molecule has 4 unspecified atom stereocenters. The highest BCUT2D eigenvalue weighted by Gasteiger charge is 2.21. The first kappa shape index (κ1) is 41.4. The third-order valence-electron chi connectivity index (χ3n) is 8.07. The number of esters is 4. The summed E-state index contributed by atoms with van der Waals surface area (Å²) < 4.78 is 21.1. The minimum atomic E-state index is -0.932. The van der Waals surface area contributed by atoms with Crippen LogP contribution in [-0.4, -0.2) is 85.8 Å². The van der Waals surface area contributed by atoms with Gasteiger partial charge in [-0.25, -0.2) is 0 Å². The van der Waals surface area contributed by atoms with Crippen molar-refractivity contribution < 1.29 is 48.3 Å². The Morgan fingerprint density at radius 2 is 1.00 bits per heavy atom. The van der Waals surface area contributed by atoms with Crippen molar-refractivity contribution in [2.24, 2.45) is 11.8 Å². The van der Waals surface area contributed by atoms with Crippen molar-refractivity contribution in [3.63, 3.8) is 0 Å². The van der Waals surface area contributed by atoms with Crippen molar-refractivity contribution in [2.75, 3.05) is 39.5 Å². The van der Waals surface area contributed by atoms with Crippen LogP contribution in [0.1, 0.15) is 74.6 Å². The summed E-state index contributed by atoms with van der Waals surface area (Å²) in [5.74, 6) is -2.49. The lowest BCUT2D eigenvalue weighted by Gasteiger charge is -2.18. The first-order valence-electron chi connectivity index (χ1n) is 17.3. The van der Waals surface area contributed by atoms with Gasteiger partial charge in [0.1, 0.15) is 13.2 Å². The maximum Gasteiger partial charge on any atom is 0.308 e. The minimum Gasteiger partial charge on any atom is -0.461 e. The molecular formula is C38H55NO10. The summed E-state index contributed by atoms with van der Waals surface area (Å²) in [6.07, 6.45) is 2.01. The SMILES string of the molecule is Cc1ccc(CCC(C)C(=O)OCC(CO)OC(=O)CCCNCCCC(=O)OC(CO)COC(=O)C(C)CCc2ccc(C)cc2)cc1. The summed E-state index contributed by atoms with van der Waals surface area (Å²) >= 11 is 0. The zero-order valence-electron chi connectivity index (χ0n) is 29.5. The van der Waals surface area contributed by atoms with E-state index in [1.807, 2.05) is 62.4 Å². The summed E-state index contributed by atoms with van der Waals surface area (Å²) in [4.78, 5) is 49.1. The second-order valence-electron chi connectivity index (χ2n) is 12.7. The molecule has 0 bridgehead atoms. The number of benzene rings is 2. The highest BCUT2D eigenvalue weighted by atomic mass is 16.6. The van der Waals surface area contributed by atoms with Gasteiger partial charge in [0.15, 0.2) is 12.2 Å². The third-order valence-corrected chi connectivity index (χ3v) is 8.07. The number of carbonyl (C=O) groups excluding carboxylic acids is 4. The fourth-order valence-corrected chi connectivity index (χ4v) is 4.72. The van der Waals surface area contributed by atoms with E-state index in [0.717, 1.165) is 24.0 Å². The van der Waals surface area contributed by atoms with E-state index < -0.39 is 49.3 Å². The molecule has 0 aromatic heterocycles. The molecule has 11 nitrogen and oxygen atoms in total. The van der Waals surface area contributed by atoms with E-state index in [1.165, 1.54) is 11.1 Å². The molecular weight excluding hydrogens is 630 g/mol. The Balaban J connectivity index is 1.51. The average molecular weight is 686 g/mol. The van der Waals surface area contributed by atoms with Crippen molar-refractivity contribution in [3.8, 4) is 0 Å². The van der Waals surface area contributed by atoms with Crippen LogP contribution in [0.15, 0.2) is 48.5 Å². The van der Waals surface area contributed by atoms with Gasteiger partial charge in [0.25, 0.3) is 0 Å². The van der Waals surface area contributed by atoms with Gasteiger partial charge in [0.2, 0.25) is 0 Å². The van der Waals surface area contributed by atoms with Gasteiger partial charge >= 0.3 is 23.9 Å². The number of aliphatic hydroxyl groups is 2. The highest BCUT2D eigenvalue weighted by molar-refractivity contribution is 5.73. The van der Waals surface area contributed by atoms with Crippen LogP contribution < -0.4 is 5.32 Å². The van der Waals surface area contributed by atoms with E-state index in [1.54, 1.807) is 13.8 Å². The zero-order valence-corrected chi connectivity index (χ0v) is 29.5. The van der Waals surface area contributed by atoms with Crippen molar-refractivity contribution in [3.05, 3.63) is 70.8 Å². The average Bonchev–Trinajstić information content (AvgIpc) is 3.10. The molecule has 2 rings (SSSR count). The van der Waals surface area contributed by atoms with Crippen LogP contribution in [0.2, 0.25) is 0 Å². The molecule has 49 heavy (non-hydrogen) atoms. The molecule has 11 heteroatoms. The third kappa shape index (κ3) is 18.0. The van der Waals surface area contributed by atoms with Crippen LogP contribution in [0.4, 0.5) is 0 Å². The molecule has 2 aromatic rings. The monoisotopic (exact) mass is 685 g/mol. The molecule has 4 atom stereocenters. The lowest BCUT2D eigenvalue weighted by molar-refractivity contribution is -0.163. The molecule has 272 valence electrons. The molecule has 0 fully saturated rings. The first-order chi connectivity index (χ1) is 23.5. The van der Waals surface area contributed by atoms with E-state index >= 15 is 0 Å². The number of aliphatic hydroxyl groups excluding tert-OH is 2. The standard InChI is InChI=1S/C38H55NO10/c1-27-9-15-31(16-10-27)19-13-29(3)37(44)46-25-33(23-40)48-35(42)7-5-21-39-22-6-8-36(43)49-34(24-41)26-47-38(45)30(4)14-20-32-17-11-28(2)12-18-32/h9-12,15-18,29-30,33-34,39-41H,5-8,13-14,19-26H2,1-4H3. The van der Waals surface area contributed by atoms with Crippen LogP contribution in [0, 0.1) is 25.7 Å². The molecule has 2 aromatic carbocycles. The summed E-state index contributed by atoms with van der Waals surface area (Å²) in [5, 5.41) is 22.3. The molecule has 0 radical (unpaired) electrons. The molecule has 0 spiro atoms. The second-order valence-corrected chi connectivity index (χ2v) is 12.7. The van der Waals surface area contributed by atoms with Crippen LogP contribution in [0.3, 0.4) is 0 Å². The number of rotatable bonds is 24. The van der Waals surface area contributed by atoms with Crippen LogP contribution in [0.5, 0.6) is 0 Å². The van der Waals surface area contributed by atoms with Crippen molar-refractivity contribution in [1.29, 1.82) is 0 Å². The molecule has 0 saturated heterocycles. The minimum absolute atomic E-state index is 0.105. The predicted octanol–water partition coefficient (Wildman–Crippen LogP) is 4.19. The molecule has 0 aliphatic heterocycles. The predicted molar refractivity (Wildman–Crippen MR) is 185 cm³/mol. The van der Waals surface area contributed by atoms with Gasteiger partial charge in [-0.3, -0.25) is 19.2 Å². The van der Waals surface area contributed by atoms with Crippen LogP contribution in [0.25, 0.3) is 0 Å². The van der Waals surface area contributed by atoms with E-state index in [2.05, 4.69) is 5.32 Å². The fourth-order valence-electron chi connectivity index (χ4n) is 4.72. The van der Waals surface area contributed by atoms with E-state index in [0.29, 0.717) is 38.8 Å². The number of ether oxygens (including phenoxy) is 4. The Morgan fingerprint density at radius 3 is 1.35 bits per heavy atom. The quantitative estimate of drug-likeness (QED) is 0.0827. The van der Waals surface area contributed by atoms with Crippen LogP contribution >= 0.6 is 0 Å². The summed E-state index contributed by atoms with van der Waals surface area (Å²) in [5.41, 5.74) is 4.63. The Labute approximate surface area is 290 Å². The number of aryl methyl sites for hydroxylation is 4. The Bertz CT molecular complexity index is 1170. The van der Waals surface area contributed by atoms with Gasteiger partial charge in [-0.05, 0) is 76.6 Å². The lowest BCUT2D eigenvalue weighted by Crippen LogP contribution is -2.30. The van der Waals surface area contributed by atoms with E-state index in [9.17, 15) is 29.4 Å². The van der Waals surface area contributed by atoms with Crippen molar-refractivity contribution >= 4 is 23.9 Å². The second kappa shape index (κ2) is 23.5. The number of nitrogens with one attached hydrogen (secondary N) is 1. The number of hydrogen-bond acceptors (Lipinski definition) is 11. The van der Waals surface area contributed by atoms with Gasteiger partial charge in [-0.1, -0.05) is 73.5 Å². The number of hydrogen-bond donors (Lipinski definition) is 3. The molecule has 0 aliphatic carbocycles. The highest BCUT2D eigenvalue weighted by Crippen LogP contribution is 2.14. The van der Waals surface area contributed by atoms with E-state index in [-0.39, 0.29) is 37.9 Å². The fraction of sp³-hybridized carbons (Fsp3) is 0.579. The first-order valence-corrected chi connectivity index (χ1v) is 17.3. The van der Waals surface area contributed by atoms with Gasteiger partial charge in [-0.2, -0.15) is 0 Å². The summed E-state index contributed by atoms with van der Waals surface area (Å²) in [7, 11) is 0. The Kier molecular flexibility index (Phi) is 19.9. The lowest BCUT2D eigenvalue weighted by atomic mass is 10.0. The molecule has 0 amide bonds. The summed E-state index contributed by atoms with van der Waals surface area (Å²) in [6, 6.07) is 16.3. The smallest absolute Gasteiger partial charge is 0.308 e. The topological polar surface area (TPSA) is 158 Å². The molecule has 0 aliphatic rings.